The Morgan fingerprint density at radius 3 is 2.46 bits per heavy atom. The van der Waals surface area contributed by atoms with Crippen molar-refractivity contribution < 1.29 is 9.90 Å². The highest BCUT2D eigenvalue weighted by molar-refractivity contribution is 5.86. The number of carbonyl (C=O) groups excluding carboxylic acids is 1. The maximum atomic E-state index is 13.4. The monoisotopic (exact) mass is 350 g/mol. The summed E-state index contributed by atoms with van der Waals surface area (Å²) in [6.07, 6.45) is 1.97. The lowest BCUT2D eigenvalue weighted by Crippen LogP contribution is -2.45. The average Bonchev–Trinajstić information content (AvgIpc) is 2.95. The molecule has 2 heterocycles. The molecule has 2 aromatic carbocycles. The van der Waals surface area contributed by atoms with E-state index in [1.807, 2.05) is 65.6 Å². The van der Waals surface area contributed by atoms with Gasteiger partial charge >= 0.3 is 0 Å². The molecular weight excluding hydrogens is 324 g/mol. The molecule has 1 spiro atoms. The van der Waals surface area contributed by atoms with Crippen molar-refractivity contribution in [3.8, 4) is 0 Å². The Bertz CT molecular complexity index is 741. The first-order valence-electron chi connectivity index (χ1n) is 9.48. The fourth-order valence-electron chi connectivity index (χ4n) is 4.50. The molecule has 136 valence electrons. The van der Waals surface area contributed by atoms with E-state index in [0.29, 0.717) is 13.0 Å². The number of nitrogens with one attached hydrogen (secondary N) is 1. The Balaban J connectivity index is 1.65. The van der Waals surface area contributed by atoms with Gasteiger partial charge in [0.15, 0.2) is 0 Å². The lowest BCUT2D eigenvalue weighted by atomic mass is 9.77. The van der Waals surface area contributed by atoms with Gasteiger partial charge in [-0.05, 0) is 36.9 Å². The van der Waals surface area contributed by atoms with E-state index in [4.69, 9.17) is 0 Å². The summed E-state index contributed by atoms with van der Waals surface area (Å²) in [6.45, 7) is 2.24. The van der Waals surface area contributed by atoms with Crippen molar-refractivity contribution in [2.75, 3.05) is 13.1 Å². The Morgan fingerprint density at radius 2 is 1.81 bits per heavy atom. The fraction of sp³-hybridized carbons (Fsp3) is 0.409. The molecule has 4 nitrogen and oxygen atoms in total. The molecule has 2 aliphatic heterocycles. The standard InChI is InChI=1S/C22H26N2O2/c25-20(18-10-5-2-6-11-18)19-14-22(12-7-13-23-16-22)21(26)24(19)15-17-8-3-1-4-9-17/h1-6,8-11,19-20,23,25H,7,12-16H2/t19-,20+,22+/m1/s1. The largest absolute Gasteiger partial charge is 0.386 e. The van der Waals surface area contributed by atoms with Gasteiger partial charge in [0.2, 0.25) is 5.91 Å². The minimum Gasteiger partial charge on any atom is -0.386 e. The normalized spacial score (nSPS) is 27.0. The van der Waals surface area contributed by atoms with Crippen LogP contribution >= 0.6 is 0 Å². The number of likely N-dealkylation sites (tertiary alicyclic amines) is 1. The molecule has 2 N–H and O–H groups in total. The molecule has 1 amide bonds. The third kappa shape index (κ3) is 3.15. The highest BCUT2D eigenvalue weighted by Gasteiger charge is 2.53. The molecule has 3 atom stereocenters. The van der Waals surface area contributed by atoms with Crippen molar-refractivity contribution in [2.24, 2.45) is 5.41 Å². The maximum absolute atomic E-state index is 13.4. The van der Waals surface area contributed by atoms with Crippen LogP contribution in [0.1, 0.15) is 36.5 Å². The molecule has 0 radical (unpaired) electrons. The number of piperidine rings is 1. The van der Waals surface area contributed by atoms with Crippen LogP contribution in [0.25, 0.3) is 0 Å². The summed E-state index contributed by atoms with van der Waals surface area (Å²) in [7, 11) is 0. The lowest BCUT2D eigenvalue weighted by molar-refractivity contribution is -0.139. The fourth-order valence-corrected chi connectivity index (χ4v) is 4.50. The molecule has 0 aromatic heterocycles. The first-order valence-corrected chi connectivity index (χ1v) is 9.48. The van der Waals surface area contributed by atoms with Gasteiger partial charge in [0.05, 0.1) is 17.6 Å². The maximum Gasteiger partial charge on any atom is 0.230 e. The van der Waals surface area contributed by atoms with Gasteiger partial charge in [0.25, 0.3) is 0 Å². The molecule has 26 heavy (non-hydrogen) atoms. The van der Waals surface area contributed by atoms with Crippen molar-refractivity contribution >= 4 is 5.91 Å². The van der Waals surface area contributed by atoms with Crippen LogP contribution in [0.3, 0.4) is 0 Å². The molecule has 2 aromatic rings. The Morgan fingerprint density at radius 1 is 1.12 bits per heavy atom. The number of amides is 1. The van der Waals surface area contributed by atoms with E-state index in [9.17, 15) is 9.90 Å². The number of aliphatic hydroxyl groups excluding tert-OH is 1. The van der Waals surface area contributed by atoms with Gasteiger partial charge < -0.3 is 15.3 Å². The van der Waals surface area contributed by atoms with Crippen LogP contribution in [-0.4, -0.2) is 35.0 Å². The second-order valence-electron chi connectivity index (χ2n) is 7.61. The SMILES string of the molecule is O=C1N(Cc2ccccc2)[C@@H]([C@@H](O)c2ccccc2)C[C@]12CCCNC2. The number of rotatable bonds is 4. The van der Waals surface area contributed by atoms with Crippen LogP contribution in [0.5, 0.6) is 0 Å². The topological polar surface area (TPSA) is 52.6 Å². The first-order chi connectivity index (χ1) is 12.7. The number of carbonyl (C=O) groups is 1. The van der Waals surface area contributed by atoms with Crippen molar-refractivity contribution in [2.45, 2.75) is 38.0 Å². The number of nitrogens with zero attached hydrogens (tertiary/aromatic N) is 1. The van der Waals surface area contributed by atoms with Crippen LogP contribution in [0, 0.1) is 5.41 Å². The van der Waals surface area contributed by atoms with Crippen LogP contribution in [-0.2, 0) is 11.3 Å². The molecule has 0 aliphatic carbocycles. The van der Waals surface area contributed by atoms with E-state index in [2.05, 4.69) is 5.32 Å². The average molecular weight is 350 g/mol. The van der Waals surface area contributed by atoms with E-state index in [1.54, 1.807) is 0 Å². The summed E-state index contributed by atoms with van der Waals surface area (Å²) >= 11 is 0. The molecule has 4 rings (SSSR count). The van der Waals surface area contributed by atoms with E-state index in [0.717, 1.165) is 37.1 Å². The second kappa shape index (κ2) is 7.22. The minimum atomic E-state index is -0.662. The van der Waals surface area contributed by atoms with E-state index < -0.39 is 6.10 Å². The van der Waals surface area contributed by atoms with Gasteiger partial charge in [0, 0.05) is 13.1 Å². The summed E-state index contributed by atoms with van der Waals surface area (Å²) in [5.74, 6) is 0.188. The summed E-state index contributed by atoms with van der Waals surface area (Å²) in [6, 6.07) is 19.6. The van der Waals surface area contributed by atoms with E-state index in [-0.39, 0.29) is 17.4 Å². The number of benzene rings is 2. The number of hydrogen-bond donors (Lipinski definition) is 2. The molecule has 0 unspecified atom stereocenters. The summed E-state index contributed by atoms with van der Waals surface area (Å²) in [5, 5.41) is 14.5. The van der Waals surface area contributed by atoms with Gasteiger partial charge in [-0.2, -0.15) is 0 Å². The van der Waals surface area contributed by atoms with Gasteiger partial charge in [-0.25, -0.2) is 0 Å². The Kier molecular flexibility index (Phi) is 4.79. The lowest BCUT2D eigenvalue weighted by Gasteiger charge is -2.32. The number of hydrogen-bond acceptors (Lipinski definition) is 3. The predicted molar refractivity (Wildman–Crippen MR) is 101 cm³/mol. The quantitative estimate of drug-likeness (QED) is 0.891. The predicted octanol–water partition coefficient (Wildman–Crippen LogP) is 2.89. The van der Waals surface area contributed by atoms with Crippen LogP contribution in [0.4, 0.5) is 0 Å². The van der Waals surface area contributed by atoms with Gasteiger partial charge in [-0.15, -0.1) is 0 Å². The molecule has 4 heteroatoms. The summed E-state index contributed by atoms with van der Waals surface area (Å²) in [5.41, 5.74) is 1.61. The van der Waals surface area contributed by atoms with Crippen molar-refractivity contribution in [1.29, 1.82) is 0 Å². The highest BCUT2D eigenvalue weighted by Crippen LogP contribution is 2.45. The molecule has 2 saturated heterocycles. The van der Waals surface area contributed by atoms with Crippen molar-refractivity contribution in [1.82, 2.24) is 10.2 Å². The third-order valence-corrected chi connectivity index (χ3v) is 5.89. The second-order valence-corrected chi connectivity index (χ2v) is 7.61. The van der Waals surface area contributed by atoms with E-state index in [1.165, 1.54) is 0 Å². The van der Waals surface area contributed by atoms with Gasteiger partial charge in [0.1, 0.15) is 0 Å². The zero-order valence-electron chi connectivity index (χ0n) is 15.0. The molecule has 0 saturated carbocycles. The van der Waals surface area contributed by atoms with E-state index >= 15 is 0 Å². The number of aliphatic hydroxyl groups is 1. The third-order valence-electron chi connectivity index (χ3n) is 5.89. The minimum absolute atomic E-state index is 0.188. The van der Waals surface area contributed by atoms with Crippen molar-refractivity contribution in [3.05, 3.63) is 71.8 Å². The van der Waals surface area contributed by atoms with Crippen molar-refractivity contribution in [3.63, 3.8) is 0 Å². The van der Waals surface area contributed by atoms with Crippen LogP contribution in [0.15, 0.2) is 60.7 Å². The molecular formula is C22H26N2O2. The van der Waals surface area contributed by atoms with Crippen LogP contribution < -0.4 is 5.32 Å². The zero-order valence-corrected chi connectivity index (χ0v) is 15.0. The van der Waals surface area contributed by atoms with Gasteiger partial charge in [-0.1, -0.05) is 60.7 Å². The first kappa shape index (κ1) is 17.3. The highest BCUT2D eigenvalue weighted by atomic mass is 16.3. The zero-order chi connectivity index (χ0) is 18.0. The van der Waals surface area contributed by atoms with Crippen LogP contribution in [0.2, 0.25) is 0 Å². The molecule has 2 fully saturated rings. The Hall–Kier alpha value is -2.17. The summed E-state index contributed by atoms with van der Waals surface area (Å²) in [4.78, 5) is 15.3. The Labute approximate surface area is 154 Å². The van der Waals surface area contributed by atoms with Gasteiger partial charge in [-0.3, -0.25) is 4.79 Å². The molecule has 0 bridgehead atoms. The summed E-state index contributed by atoms with van der Waals surface area (Å²) < 4.78 is 0. The molecule has 2 aliphatic rings. The smallest absolute Gasteiger partial charge is 0.230 e.